The summed E-state index contributed by atoms with van der Waals surface area (Å²) in [4.78, 5) is 3.28. The van der Waals surface area contributed by atoms with Gasteiger partial charge in [0.05, 0.1) is 10.6 Å². The van der Waals surface area contributed by atoms with Crippen LogP contribution in [0.25, 0.3) is 0 Å². The lowest BCUT2D eigenvalue weighted by Crippen LogP contribution is -2.07. The number of halogens is 4. The maximum Gasteiger partial charge on any atom is 0.419 e. The van der Waals surface area contributed by atoms with Crippen LogP contribution >= 0.6 is 11.6 Å². The fraction of sp³-hybridized carbons (Fsp3) is 0.167. The van der Waals surface area contributed by atoms with Crippen molar-refractivity contribution in [1.82, 2.24) is 4.98 Å². The van der Waals surface area contributed by atoms with E-state index in [9.17, 15) is 13.2 Å². The quantitative estimate of drug-likeness (QED) is 0.692. The van der Waals surface area contributed by atoms with Crippen LogP contribution in [0.2, 0.25) is 5.02 Å². The zero-order chi connectivity index (χ0) is 9.35. The molecule has 2 nitrogen and oxygen atoms in total. The molecule has 0 saturated carbocycles. The maximum atomic E-state index is 12.0. The van der Waals surface area contributed by atoms with Crippen LogP contribution < -0.4 is 5.73 Å². The van der Waals surface area contributed by atoms with Gasteiger partial charge >= 0.3 is 6.18 Å². The second kappa shape index (κ2) is 2.82. The molecule has 66 valence electrons. The van der Waals surface area contributed by atoms with Crippen molar-refractivity contribution in [2.45, 2.75) is 6.18 Å². The smallest absolute Gasteiger partial charge is 0.384 e. The third-order valence-electron chi connectivity index (χ3n) is 1.18. The third kappa shape index (κ3) is 1.79. The summed E-state index contributed by atoms with van der Waals surface area (Å²) in [5, 5.41) is -0.435. The molecule has 0 saturated heterocycles. The van der Waals surface area contributed by atoms with Crippen LogP contribution in [0.5, 0.6) is 0 Å². The molecule has 0 bridgehead atoms. The van der Waals surface area contributed by atoms with Crippen molar-refractivity contribution in [3.8, 4) is 0 Å². The highest BCUT2D eigenvalue weighted by Crippen LogP contribution is 2.34. The lowest BCUT2D eigenvalue weighted by atomic mass is 10.3. The van der Waals surface area contributed by atoms with Gasteiger partial charge in [-0.1, -0.05) is 11.6 Å². The molecule has 1 rings (SSSR count). The number of hydrogen-bond donors (Lipinski definition) is 1. The van der Waals surface area contributed by atoms with Crippen molar-refractivity contribution >= 4 is 17.4 Å². The number of anilines is 1. The summed E-state index contributed by atoms with van der Waals surface area (Å²) in [6.45, 7) is 0. The molecule has 0 aliphatic rings. The molecular weight excluding hydrogens is 193 g/mol. The summed E-state index contributed by atoms with van der Waals surface area (Å²) >= 11 is 5.27. The van der Waals surface area contributed by atoms with Gasteiger partial charge in [0.2, 0.25) is 0 Å². The molecule has 0 atom stereocenters. The fourth-order valence-corrected chi connectivity index (χ4v) is 0.922. The molecule has 12 heavy (non-hydrogen) atoms. The number of rotatable bonds is 0. The van der Waals surface area contributed by atoms with Gasteiger partial charge in [0.1, 0.15) is 5.82 Å². The number of hydrogen-bond acceptors (Lipinski definition) is 2. The van der Waals surface area contributed by atoms with E-state index in [0.29, 0.717) is 6.20 Å². The number of nitrogens with zero attached hydrogens (tertiary/aromatic N) is 1. The predicted molar refractivity (Wildman–Crippen MR) is 38.7 cm³/mol. The number of pyridine rings is 1. The first-order chi connectivity index (χ1) is 5.41. The zero-order valence-corrected chi connectivity index (χ0v) is 6.45. The van der Waals surface area contributed by atoms with Gasteiger partial charge in [-0.25, -0.2) is 4.98 Å². The van der Waals surface area contributed by atoms with Crippen LogP contribution in [0.15, 0.2) is 12.3 Å². The van der Waals surface area contributed by atoms with Crippen molar-refractivity contribution in [3.05, 3.63) is 22.8 Å². The van der Waals surface area contributed by atoms with E-state index >= 15 is 0 Å². The van der Waals surface area contributed by atoms with Gasteiger partial charge in [-0.3, -0.25) is 0 Å². The van der Waals surface area contributed by atoms with E-state index in [1.807, 2.05) is 0 Å². The largest absolute Gasteiger partial charge is 0.419 e. The Balaban J connectivity index is 3.19. The normalized spacial score (nSPS) is 11.7. The Morgan fingerprint density at radius 3 is 2.42 bits per heavy atom. The zero-order valence-electron chi connectivity index (χ0n) is 5.69. The average Bonchev–Trinajstić information content (AvgIpc) is 1.83. The minimum Gasteiger partial charge on any atom is -0.384 e. The summed E-state index contributed by atoms with van der Waals surface area (Å²) in [6, 6.07) is 0.963. The highest BCUT2D eigenvalue weighted by molar-refractivity contribution is 6.31. The van der Waals surface area contributed by atoms with Crippen LogP contribution in [-0.2, 0) is 6.18 Å². The minimum atomic E-state index is -4.47. The maximum absolute atomic E-state index is 12.0. The first kappa shape index (κ1) is 9.12. The molecule has 0 amide bonds. The highest BCUT2D eigenvalue weighted by atomic mass is 35.5. The fourth-order valence-electron chi connectivity index (χ4n) is 0.654. The lowest BCUT2D eigenvalue weighted by molar-refractivity contribution is -0.137. The van der Waals surface area contributed by atoms with Crippen molar-refractivity contribution in [1.29, 1.82) is 0 Å². The molecule has 1 heterocycles. The molecule has 0 aliphatic heterocycles. The molecule has 0 fully saturated rings. The molecule has 0 aliphatic carbocycles. The number of aromatic nitrogens is 1. The first-order valence-electron chi connectivity index (χ1n) is 2.89. The van der Waals surface area contributed by atoms with E-state index in [4.69, 9.17) is 17.3 Å². The second-order valence-corrected chi connectivity index (χ2v) is 2.49. The monoisotopic (exact) mass is 196 g/mol. The standard InChI is InChI=1S/C6H4ClF3N2/c7-4-1-5(11)12-2-3(4)6(8,9)10/h1-2H,(H2,11,12). The third-order valence-corrected chi connectivity index (χ3v) is 1.49. The molecule has 1 aromatic rings. The van der Waals surface area contributed by atoms with Crippen molar-refractivity contribution in [2.75, 3.05) is 5.73 Å². The molecule has 6 heteroatoms. The number of alkyl halides is 3. The van der Waals surface area contributed by atoms with Gasteiger partial charge in [-0.2, -0.15) is 13.2 Å². The number of nitrogen functional groups attached to an aromatic ring is 1. The van der Waals surface area contributed by atoms with E-state index < -0.39 is 16.8 Å². The van der Waals surface area contributed by atoms with Gasteiger partial charge in [-0.15, -0.1) is 0 Å². The highest BCUT2D eigenvalue weighted by Gasteiger charge is 2.33. The molecule has 0 spiro atoms. The van der Waals surface area contributed by atoms with Gasteiger partial charge in [0, 0.05) is 6.20 Å². The van der Waals surface area contributed by atoms with Crippen molar-refractivity contribution in [2.24, 2.45) is 0 Å². The summed E-state index contributed by atoms with van der Waals surface area (Å²) < 4.78 is 36.0. The van der Waals surface area contributed by atoms with Gasteiger partial charge in [-0.05, 0) is 6.07 Å². The molecular formula is C6H4ClF3N2. The van der Waals surface area contributed by atoms with Crippen LogP contribution in [-0.4, -0.2) is 4.98 Å². The van der Waals surface area contributed by atoms with Crippen LogP contribution in [0.1, 0.15) is 5.56 Å². The van der Waals surface area contributed by atoms with Crippen LogP contribution in [0, 0.1) is 0 Å². The SMILES string of the molecule is Nc1cc(Cl)c(C(F)(F)F)cn1. The van der Waals surface area contributed by atoms with Gasteiger partial charge in [0.25, 0.3) is 0 Å². The molecule has 2 N–H and O–H groups in total. The molecule has 0 aromatic carbocycles. The van der Waals surface area contributed by atoms with E-state index in [-0.39, 0.29) is 5.82 Å². The number of nitrogens with two attached hydrogens (primary N) is 1. The Bertz CT molecular complexity index is 297. The molecule has 0 radical (unpaired) electrons. The van der Waals surface area contributed by atoms with Gasteiger partial charge in [0.15, 0.2) is 0 Å². The summed E-state index contributed by atoms with van der Waals surface area (Å²) in [5.74, 6) is -0.0343. The Hall–Kier alpha value is -0.970. The molecule has 1 aromatic heterocycles. The predicted octanol–water partition coefficient (Wildman–Crippen LogP) is 2.34. The second-order valence-electron chi connectivity index (χ2n) is 2.09. The van der Waals surface area contributed by atoms with Crippen LogP contribution in [0.3, 0.4) is 0 Å². The van der Waals surface area contributed by atoms with E-state index in [0.717, 1.165) is 6.07 Å². The van der Waals surface area contributed by atoms with E-state index in [2.05, 4.69) is 4.98 Å². The van der Waals surface area contributed by atoms with E-state index in [1.165, 1.54) is 0 Å². The van der Waals surface area contributed by atoms with Crippen molar-refractivity contribution in [3.63, 3.8) is 0 Å². The first-order valence-corrected chi connectivity index (χ1v) is 3.27. The summed E-state index contributed by atoms with van der Waals surface area (Å²) in [6.07, 6.45) is -3.87. The van der Waals surface area contributed by atoms with Gasteiger partial charge < -0.3 is 5.73 Å². The average molecular weight is 197 g/mol. The summed E-state index contributed by atoms with van der Waals surface area (Å²) in [7, 11) is 0. The topological polar surface area (TPSA) is 38.9 Å². The lowest BCUT2D eigenvalue weighted by Gasteiger charge is -2.07. The van der Waals surface area contributed by atoms with Crippen molar-refractivity contribution < 1.29 is 13.2 Å². The minimum absolute atomic E-state index is 0.0343. The van der Waals surface area contributed by atoms with E-state index in [1.54, 1.807) is 0 Å². The molecule has 0 unspecified atom stereocenters. The Kier molecular flexibility index (Phi) is 2.14. The summed E-state index contributed by atoms with van der Waals surface area (Å²) in [5.41, 5.74) is 4.13. The Labute approximate surface area is 71.2 Å². The Morgan fingerprint density at radius 2 is 2.00 bits per heavy atom. The Morgan fingerprint density at radius 1 is 1.42 bits per heavy atom. The van der Waals surface area contributed by atoms with Crippen LogP contribution in [0.4, 0.5) is 19.0 Å².